The highest BCUT2D eigenvalue weighted by atomic mass is 16.6. The predicted molar refractivity (Wildman–Crippen MR) is 136 cm³/mol. The summed E-state index contributed by atoms with van der Waals surface area (Å²) in [6, 6.07) is 4.05. The van der Waals surface area contributed by atoms with Gasteiger partial charge in [0, 0.05) is 44.2 Å². The van der Waals surface area contributed by atoms with Gasteiger partial charge in [-0.25, -0.2) is 4.79 Å². The Morgan fingerprint density at radius 2 is 1.84 bits per heavy atom. The van der Waals surface area contributed by atoms with Crippen LogP contribution in [0, 0.1) is 11.3 Å². The van der Waals surface area contributed by atoms with Gasteiger partial charge in [-0.1, -0.05) is 0 Å². The van der Waals surface area contributed by atoms with Crippen molar-refractivity contribution in [3.05, 3.63) is 29.3 Å². The third-order valence-electron chi connectivity index (χ3n) is 7.38. The molecule has 200 valence electrons. The quantitative estimate of drug-likeness (QED) is 0.385. The number of anilines is 1. The third kappa shape index (κ3) is 5.62. The topological polar surface area (TPSA) is 125 Å². The van der Waals surface area contributed by atoms with Crippen LogP contribution in [-0.2, 0) is 14.3 Å². The summed E-state index contributed by atoms with van der Waals surface area (Å²) in [6.07, 6.45) is 3.57. The van der Waals surface area contributed by atoms with Gasteiger partial charge >= 0.3 is 6.09 Å². The number of ether oxygens (including phenoxy) is 1. The minimum Gasteiger partial charge on any atom is -0.444 e. The number of likely N-dealkylation sites (tertiary alicyclic amines) is 1. The Morgan fingerprint density at radius 3 is 2.46 bits per heavy atom. The molecule has 2 aliphatic heterocycles. The van der Waals surface area contributed by atoms with E-state index in [1.54, 1.807) is 23.1 Å². The highest BCUT2D eigenvalue weighted by molar-refractivity contribution is 6.22. The number of aldehydes is 1. The van der Waals surface area contributed by atoms with E-state index in [0.29, 0.717) is 12.2 Å². The van der Waals surface area contributed by atoms with Crippen molar-refractivity contribution in [2.45, 2.75) is 64.5 Å². The van der Waals surface area contributed by atoms with Crippen molar-refractivity contribution < 1.29 is 28.7 Å². The Kier molecular flexibility index (Phi) is 7.30. The molecular formula is C27H36N4O6. The van der Waals surface area contributed by atoms with Gasteiger partial charge in [-0.3, -0.25) is 19.3 Å². The molecule has 4 amide bonds. The second-order valence-corrected chi connectivity index (χ2v) is 11.5. The second kappa shape index (κ2) is 10.1. The molecule has 10 nitrogen and oxygen atoms in total. The van der Waals surface area contributed by atoms with Crippen LogP contribution in [0.4, 0.5) is 10.5 Å². The number of fused-ring (bicyclic) bond motifs is 1. The normalized spacial score (nSPS) is 19.1. The zero-order valence-electron chi connectivity index (χ0n) is 22.0. The van der Waals surface area contributed by atoms with Gasteiger partial charge in [-0.15, -0.1) is 0 Å². The minimum absolute atomic E-state index is 0.0433. The molecule has 0 radical (unpaired) electrons. The number of hydrogen-bond donors (Lipinski definition) is 2. The van der Waals surface area contributed by atoms with Gasteiger partial charge in [-0.05, 0) is 70.6 Å². The van der Waals surface area contributed by atoms with Crippen LogP contribution in [0.2, 0.25) is 0 Å². The maximum absolute atomic E-state index is 13.0. The van der Waals surface area contributed by atoms with Crippen molar-refractivity contribution >= 4 is 35.8 Å². The van der Waals surface area contributed by atoms with Crippen molar-refractivity contribution in [3.8, 4) is 0 Å². The smallest absolute Gasteiger partial charge is 0.410 e. The molecule has 2 fully saturated rings. The molecule has 1 saturated carbocycles. The van der Waals surface area contributed by atoms with Crippen LogP contribution >= 0.6 is 0 Å². The Bertz CT molecular complexity index is 1100. The predicted octanol–water partition coefficient (Wildman–Crippen LogP) is 2.83. The lowest BCUT2D eigenvalue weighted by Crippen LogP contribution is -2.64. The van der Waals surface area contributed by atoms with Gasteiger partial charge < -0.3 is 25.1 Å². The molecule has 1 atom stereocenters. The summed E-state index contributed by atoms with van der Waals surface area (Å²) in [7, 11) is 1.49. The molecule has 1 aromatic rings. The van der Waals surface area contributed by atoms with Gasteiger partial charge in [0.2, 0.25) is 5.91 Å². The fourth-order valence-corrected chi connectivity index (χ4v) is 5.60. The van der Waals surface area contributed by atoms with Crippen molar-refractivity contribution in [1.82, 2.24) is 15.1 Å². The maximum Gasteiger partial charge on any atom is 0.410 e. The van der Waals surface area contributed by atoms with Crippen molar-refractivity contribution in [1.29, 1.82) is 0 Å². The Labute approximate surface area is 217 Å². The highest BCUT2D eigenvalue weighted by Crippen LogP contribution is 2.53. The molecule has 2 N–H and O–H groups in total. The first kappa shape index (κ1) is 26.6. The lowest BCUT2D eigenvalue weighted by atomic mass is 9.57. The van der Waals surface area contributed by atoms with E-state index in [0.717, 1.165) is 49.5 Å². The molecule has 2 heterocycles. The SMILES string of the molecule is CNC(=O)CCC(C=O)N1C(=O)c2ccc(NCCC3CC4(C3)CN(C(=O)OC(C)(C)C)C4)cc2C1=O. The van der Waals surface area contributed by atoms with E-state index < -0.39 is 23.5 Å². The first-order valence-electron chi connectivity index (χ1n) is 12.8. The molecule has 3 aliphatic rings. The molecule has 10 heteroatoms. The number of hydrogen-bond acceptors (Lipinski definition) is 7. The summed E-state index contributed by atoms with van der Waals surface area (Å²) in [4.78, 5) is 63.8. The van der Waals surface area contributed by atoms with E-state index in [-0.39, 0.29) is 41.4 Å². The summed E-state index contributed by atoms with van der Waals surface area (Å²) in [6.45, 7) is 7.85. The van der Waals surface area contributed by atoms with E-state index in [4.69, 9.17) is 4.74 Å². The van der Waals surface area contributed by atoms with Crippen molar-refractivity contribution in [2.24, 2.45) is 11.3 Å². The fraction of sp³-hybridized carbons (Fsp3) is 0.593. The molecule has 0 aromatic heterocycles. The van der Waals surface area contributed by atoms with Crippen LogP contribution in [0.15, 0.2) is 18.2 Å². The van der Waals surface area contributed by atoms with Crippen LogP contribution in [0.1, 0.15) is 73.6 Å². The van der Waals surface area contributed by atoms with E-state index in [2.05, 4.69) is 10.6 Å². The molecule has 1 aromatic carbocycles. The largest absolute Gasteiger partial charge is 0.444 e. The van der Waals surface area contributed by atoms with E-state index in [1.807, 2.05) is 20.8 Å². The summed E-state index contributed by atoms with van der Waals surface area (Å²) in [5.74, 6) is -0.709. The standard InChI is InChI=1S/C27H36N4O6/c1-26(2,3)37-25(36)30-15-27(16-30)12-17(13-27)9-10-29-18-5-7-20-21(11-18)24(35)31(23(20)34)19(14-32)6-8-22(33)28-4/h5,7,11,14,17,19,29H,6,8-10,12-13,15-16H2,1-4H3,(H,28,33). The first-order chi connectivity index (χ1) is 17.4. The number of nitrogens with zero attached hydrogens (tertiary/aromatic N) is 2. The Morgan fingerprint density at radius 1 is 1.16 bits per heavy atom. The average molecular weight is 513 g/mol. The summed E-state index contributed by atoms with van der Waals surface area (Å²) in [5, 5.41) is 5.81. The van der Waals surface area contributed by atoms with E-state index in [9.17, 15) is 24.0 Å². The lowest BCUT2D eigenvalue weighted by molar-refractivity contribution is -0.121. The fourth-order valence-electron chi connectivity index (χ4n) is 5.60. The molecule has 1 unspecified atom stereocenters. The molecule has 37 heavy (non-hydrogen) atoms. The van der Waals surface area contributed by atoms with E-state index >= 15 is 0 Å². The van der Waals surface area contributed by atoms with Gasteiger partial charge in [0.25, 0.3) is 11.8 Å². The molecular weight excluding hydrogens is 476 g/mol. The van der Waals surface area contributed by atoms with Gasteiger partial charge in [0.05, 0.1) is 17.2 Å². The summed E-state index contributed by atoms with van der Waals surface area (Å²) in [5.41, 5.74) is 1.02. The molecule has 1 spiro atoms. The van der Waals surface area contributed by atoms with Crippen LogP contribution in [-0.4, -0.2) is 78.2 Å². The number of carbonyl (C=O) groups excluding carboxylic acids is 5. The van der Waals surface area contributed by atoms with Gasteiger partial charge in [-0.2, -0.15) is 0 Å². The first-order valence-corrected chi connectivity index (χ1v) is 12.8. The molecule has 0 bridgehead atoms. The monoisotopic (exact) mass is 512 g/mol. The number of rotatable bonds is 9. The maximum atomic E-state index is 13.0. The summed E-state index contributed by atoms with van der Waals surface area (Å²) < 4.78 is 5.44. The Balaban J connectivity index is 1.24. The zero-order chi connectivity index (χ0) is 27.0. The van der Waals surface area contributed by atoms with Gasteiger partial charge in [0.15, 0.2) is 0 Å². The lowest BCUT2D eigenvalue weighted by Gasteiger charge is -2.59. The van der Waals surface area contributed by atoms with Crippen molar-refractivity contribution in [2.75, 3.05) is 32.0 Å². The van der Waals surface area contributed by atoms with Crippen LogP contribution in [0.25, 0.3) is 0 Å². The number of amides is 4. The average Bonchev–Trinajstić information content (AvgIpc) is 3.03. The van der Waals surface area contributed by atoms with E-state index in [1.165, 1.54) is 7.05 Å². The van der Waals surface area contributed by atoms with Crippen molar-refractivity contribution in [3.63, 3.8) is 0 Å². The van der Waals surface area contributed by atoms with Crippen LogP contribution in [0.3, 0.4) is 0 Å². The third-order valence-corrected chi connectivity index (χ3v) is 7.38. The summed E-state index contributed by atoms with van der Waals surface area (Å²) >= 11 is 0. The molecule has 1 saturated heterocycles. The number of benzene rings is 1. The highest BCUT2D eigenvalue weighted by Gasteiger charge is 2.54. The van der Waals surface area contributed by atoms with Crippen LogP contribution < -0.4 is 10.6 Å². The van der Waals surface area contributed by atoms with Crippen LogP contribution in [0.5, 0.6) is 0 Å². The minimum atomic E-state index is -0.982. The Hall–Kier alpha value is -3.43. The number of imide groups is 1. The second-order valence-electron chi connectivity index (χ2n) is 11.5. The zero-order valence-corrected chi connectivity index (χ0v) is 22.0. The number of nitrogens with one attached hydrogen (secondary N) is 2. The van der Waals surface area contributed by atoms with Gasteiger partial charge in [0.1, 0.15) is 11.9 Å². The molecule has 4 rings (SSSR count). The number of carbonyl (C=O) groups is 5. The molecule has 1 aliphatic carbocycles.